The summed E-state index contributed by atoms with van der Waals surface area (Å²) in [6.07, 6.45) is 3.56. The number of nitrogens with one attached hydrogen (secondary N) is 1. The number of pyridine rings is 1. The fraction of sp³-hybridized carbons (Fsp3) is 0.517. The summed E-state index contributed by atoms with van der Waals surface area (Å²) in [6.45, 7) is 10.8. The van der Waals surface area contributed by atoms with Crippen LogP contribution < -0.4 is 10.1 Å². The molecular weight excluding hydrogens is 534 g/mol. The van der Waals surface area contributed by atoms with Crippen LogP contribution in [0.15, 0.2) is 42.7 Å². The van der Waals surface area contributed by atoms with Crippen molar-refractivity contribution in [3.63, 3.8) is 0 Å². The van der Waals surface area contributed by atoms with Gasteiger partial charge in [0.2, 0.25) is 0 Å². The van der Waals surface area contributed by atoms with Crippen molar-refractivity contribution in [2.75, 3.05) is 7.11 Å². The molecule has 12 heteroatoms. The second-order valence-corrected chi connectivity index (χ2v) is 11.7. The molecular formula is C29H41N3O9. The third kappa shape index (κ3) is 10.6. The number of aromatic hydroxyl groups is 1. The first-order valence-corrected chi connectivity index (χ1v) is 13.1. The normalized spacial score (nSPS) is 16.4. The molecule has 1 aliphatic heterocycles. The maximum atomic E-state index is 10.3. The summed E-state index contributed by atoms with van der Waals surface area (Å²) in [7, 11) is 1.57. The van der Waals surface area contributed by atoms with E-state index in [1.54, 1.807) is 7.11 Å². The smallest absolute Gasteiger partial charge is 0.336 e. The molecule has 1 aromatic heterocycles. The molecule has 0 bridgehead atoms. The Kier molecular flexibility index (Phi) is 11.2. The van der Waals surface area contributed by atoms with E-state index in [4.69, 9.17) is 25.2 Å². The summed E-state index contributed by atoms with van der Waals surface area (Å²) in [5, 5.41) is 47.8. The standard InChI is InChI=1S/C23H33N3O2.C6H8O7/c1-22(2)13-19(14-23(3,4)25-22)26(15-17-8-10-24-11-9-17)16-18-6-7-21(28-5)20(27)12-18;7-3(8)1-6(13,5(11)12)2-4(9)10/h6-12,19,25,27H,13-16H2,1-5H3;13H,1-2H2,(H,7,8)(H,9,10)(H,11,12). The van der Waals surface area contributed by atoms with Gasteiger partial charge in [-0.3, -0.25) is 19.5 Å². The number of phenolic OH excluding ortho intramolecular Hbond substituents is 1. The first kappa shape index (κ1) is 33.5. The van der Waals surface area contributed by atoms with Crippen molar-refractivity contribution < 1.29 is 44.7 Å². The van der Waals surface area contributed by atoms with E-state index in [2.05, 4.69) is 55.0 Å². The Morgan fingerprint density at radius 3 is 1.90 bits per heavy atom. The number of methoxy groups -OCH3 is 1. The van der Waals surface area contributed by atoms with E-state index < -0.39 is 36.4 Å². The van der Waals surface area contributed by atoms with Crippen LogP contribution in [0.3, 0.4) is 0 Å². The number of piperidine rings is 1. The van der Waals surface area contributed by atoms with Crippen LogP contribution >= 0.6 is 0 Å². The zero-order chi connectivity index (χ0) is 31.0. The Morgan fingerprint density at radius 1 is 0.951 bits per heavy atom. The molecule has 0 saturated carbocycles. The minimum Gasteiger partial charge on any atom is -0.504 e. The predicted molar refractivity (Wildman–Crippen MR) is 150 cm³/mol. The summed E-state index contributed by atoms with van der Waals surface area (Å²) < 4.78 is 5.19. The fourth-order valence-electron chi connectivity index (χ4n) is 5.35. The number of phenols is 1. The minimum absolute atomic E-state index is 0.0744. The number of carboxylic acids is 3. The molecule has 0 amide bonds. The first-order chi connectivity index (χ1) is 18.9. The van der Waals surface area contributed by atoms with Crippen LogP contribution in [0.1, 0.15) is 64.5 Å². The third-order valence-corrected chi connectivity index (χ3v) is 6.73. The number of aliphatic hydroxyl groups is 1. The van der Waals surface area contributed by atoms with Gasteiger partial charge >= 0.3 is 17.9 Å². The Balaban J connectivity index is 0.000000383. The number of carboxylic acid groups (broad SMARTS) is 3. The molecule has 6 N–H and O–H groups in total. The molecule has 226 valence electrons. The number of benzene rings is 1. The lowest BCUT2D eigenvalue weighted by Gasteiger charge is -2.49. The third-order valence-electron chi connectivity index (χ3n) is 6.73. The summed E-state index contributed by atoms with van der Waals surface area (Å²) >= 11 is 0. The van der Waals surface area contributed by atoms with E-state index in [1.165, 1.54) is 5.56 Å². The molecule has 12 nitrogen and oxygen atoms in total. The zero-order valence-corrected chi connectivity index (χ0v) is 24.1. The summed E-state index contributed by atoms with van der Waals surface area (Å²) in [5.74, 6) is -4.32. The van der Waals surface area contributed by atoms with E-state index >= 15 is 0 Å². The average molecular weight is 576 g/mol. The highest BCUT2D eigenvalue weighted by atomic mass is 16.5. The van der Waals surface area contributed by atoms with Crippen molar-refractivity contribution in [2.24, 2.45) is 0 Å². The van der Waals surface area contributed by atoms with E-state index in [1.807, 2.05) is 30.6 Å². The lowest BCUT2D eigenvalue weighted by molar-refractivity contribution is -0.170. The Morgan fingerprint density at radius 2 is 1.46 bits per heavy atom. The molecule has 3 rings (SSSR count). The van der Waals surface area contributed by atoms with Gasteiger partial charge in [0.15, 0.2) is 17.1 Å². The molecule has 2 aromatic rings. The fourth-order valence-corrected chi connectivity index (χ4v) is 5.35. The van der Waals surface area contributed by atoms with Crippen LogP contribution in [0.4, 0.5) is 0 Å². The van der Waals surface area contributed by atoms with E-state index in [0.717, 1.165) is 31.5 Å². The summed E-state index contributed by atoms with van der Waals surface area (Å²) in [6, 6.07) is 10.3. The number of carbonyl (C=O) groups is 3. The van der Waals surface area contributed by atoms with Gasteiger partial charge in [0.05, 0.1) is 20.0 Å². The second-order valence-electron chi connectivity index (χ2n) is 11.7. The Hall–Kier alpha value is -3.74. The van der Waals surface area contributed by atoms with Gasteiger partial charge in [-0.1, -0.05) is 6.07 Å². The molecule has 0 radical (unpaired) electrons. The molecule has 1 fully saturated rings. The quantitative estimate of drug-likeness (QED) is 0.230. The molecule has 0 unspecified atom stereocenters. The van der Waals surface area contributed by atoms with Crippen molar-refractivity contribution in [2.45, 2.75) is 89.2 Å². The number of hydrogen-bond acceptors (Lipinski definition) is 9. The number of aliphatic carboxylic acids is 3. The topological polar surface area (TPSA) is 190 Å². The predicted octanol–water partition coefficient (Wildman–Crippen LogP) is 2.86. The van der Waals surface area contributed by atoms with Gasteiger partial charge in [-0.15, -0.1) is 0 Å². The maximum Gasteiger partial charge on any atom is 0.336 e. The highest BCUT2D eigenvalue weighted by molar-refractivity contribution is 5.88. The molecule has 41 heavy (non-hydrogen) atoms. The van der Waals surface area contributed by atoms with Gasteiger partial charge in [-0.25, -0.2) is 4.79 Å². The van der Waals surface area contributed by atoms with Gasteiger partial charge in [0.25, 0.3) is 0 Å². The van der Waals surface area contributed by atoms with Crippen molar-refractivity contribution >= 4 is 17.9 Å². The van der Waals surface area contributed by atoms with Crippen LogP contribution in [0.25, 0.3) is 0 Å². The van der Waals surface area contributed by atoms with Crippen LogP contribution in [0, 0.1) is 0 Å². The van der Waals surface area contributed by atoms with Gasteiger partial charge in [0, 0.05) is 42.6 Å². The van der Waals surface area contributed by atoms with Gasteiger partial charge in [0.1, 0.15) is 0 Å². The van der Waals surface area contributed by atoms with Crippen molar-refractivity contribution in [1.29, 1.82) is 0 Å². The molecule has 1 aliphatic rings. The van der Waals surface area contributed by atoms with Crippen LogP contribution in [0.2, 0.25) is 0 Å². The van der Waals surface area contributed by atoms with Crippen molar-refractivity contribution in [1.82, 2.24) is 15.2 Å². The Bertz CT molecular complexity index is 1170. The van der Waals surface area contributed by atoms with Gasteiger partial charge in [-0.05, 0) is 75.9 Å². The minimum atomic E-state index is -2.74. The Labute approximate surface area is 239 Å². The molecule has 0 aliphatic carbocycles. The monoisotopic (exact) mass is 575 g/mol. The molecule has 0 atom stereocenters. The SMILES string of the molecule is COc1ccc(CN(Cc2ccncc2)C2CC(C)(C)NC(C)(C)C2)cc1O.O=C(O)CC(O)(CC(=O)O)C(=O)O. The zero-order valence-electron chi connectivity index (χ0n) is 24.1. The second kappa shape index (κ2) is 13.7. The molecule has 2 heterocycles. The number of aromatic nitrogens is 1. The van der Waals surface area contributed by atoms with E-state index in [9.17, 15) is 19.5 Å². The lowest BCUT2D eigenvalue weighted by Crippen LogP contribution is -2.62. The summed E-state index contributed by atoms with van der Waals surface area (Å²) in [4.78, 5) is 37.2. The lowest BCUT2D eigenvalue weighted by atomic mass is 9.79. The van der Waals surface area contributed by atoms with Crippen LogP contribution in [-0.4, -0.2) is 83.2 Å². The summed E-state index contributed by atoms with van der Waals surface area (Å²) in [5.41, 5.74) is -0.253. The molecule has 0 spiro atoms. The van der Waals surface area contributed by atoms with Gasteiger partial charge in [-0.2, -0.15) is 0 Å². The number of ether oxygens (including phenoxy) is 1. The van der Waals surface area contributed by atoms with E-state index in [-0.39, 0.29) is 16.8 Å². The van der Waals surface area contributed by atoms with Crippen molar-refractivity contribution in [3.05, 3.63) is 53.9 Å². The van der Waals surface area contributed by atoms with Crippen LogP contribution in [-0.2, 0) is 27.5 Å². The number of rotatable bonds is 11. The van der Waals surface area contributed by atoms with Crippen molar-refractivity contribution in [3.8, 4) is 11.5 Å². The van der Waals surface area contributed by atoms with E-state index in [0.29, 0.717) is 11.8 Å². The van der Waals surface area contributed by atoms with Crippen LogP contribution in [0.5, 0.6) is 11.5 Å². The maximum absolute atomic E-state index is 10.3. The number of nitrogens with zero attached hydrogens (tertiary/aromatic N) is 2. The average Bonchev–Trinajstić information content (AvgIpc) is 2.82. The first-order valence-electron chi connectivity index (χ1n) is 13.1. The van der Waals surface area contributed by atoms with Gasteiger partial charge < -0.3 is 35.6 Å². The largest absolute Gasteiger partial charge is 0.504 e. The highest BCUT2D eigenvalue weighted by Gasteiger charge is 2.41. The molecule has 1 aromatic carbocycles. The molecule has 1 saturated heterocycles. The number of hydrogen-bond donors (Lipinski definition) is 6. The highest BCUT2D eigenvalue weighted by Crippen LogP contribution is 2.34.